The van der Waals surface area contributed by atoms with Crippen molar-refractivity contribution < 1.29 is 14.4 Å². The van der Waals surface area contributed by atoms with Gasteiger partial charge in [-0.3, -0.25) is 19.3 Å². The summed E-state index contributed by atoms with van der Waals surface area (Å²) in [5.41, 5.74) is 2.84. The van der Waals surface area contributed by atoms with E-state index in [0.29, 0.717) is 16.8 Å². The van der Waals surface area contributed by atoms with Crippen LogP contribution >= 0.6 is 0 Å². The molecule has 1 heterocycles. The average molecular weight is 336 g/mol. The van der Waals surface area contributed by atoms with Gasteiger partial charge in [0, 0.05) is 18.3 Å². The van der Waals surface area contributed by atoms with Gasteiger partial charge in [-0.1, -0.05) is 32.9 Å². The Morgan fingerprint density at radius 3 is 2.12 bits per heavy atom. The number of fused-ring (bicyclic) bond motifs is 1. The lowest BCUT2D eigenvalue weighted by Crippen LogP contribution is -2.24. The Morgan fingerprint density at radius 1 is 0.920 bits per heavy atom. The zero-order valence-corrected chi connectivity index (χ0v) is 14.7. The van der Waals surface area contributed by atoms with E-state index in [1.807, 2.05) is 24.3 Å². The average Bonchev–Trinajstić information content (AvgIpc) is 2.79. The lowest BCUT2D eigenvalue weighted by atomic mass is 9.87. The van der Waals surface area contributed by atoms with Crippen molar-refractivity contribution in [2.45, 2.75) is 26.2 Å². The molecule has 0 spiro atoms. The molecule has 3 rings (SSSR count). The molecule has 1 N–H and O–H groups in total. The van der Waals surface area contributed by atoms with Gasteiger partial charge in [0.05, 0.1) is 11.1 Å². The van der Waals surface area contributed by atoms with Crippen LogP contribution < -0.4 is 5.32 Å². The number of imide groups is 1. The van der Waals surface area contributed by atoms with Crippen LogP contribution in [0, 0.1) is 0 Å². The van der Waals surface area contributed by atoms with Crippen LogP contribution in [0.4, 0.5) is 5.69 Å². The quantitative estimate of drug-likeness (QED) is 0.854. The maximum atomic E-state index is 12.4. The van der Waals surface area contributed by atoms with E-state index in [1.54, 1.807) is 6.07 Å². The second-order valence-electron chi connectivity index (χ2n) is 7.21. The van der Waals surface area contributed by atoms with Crippen molar-refractivity contribution >= 4 is 23.4 Å². The first-order valence-electron chi connectivity index (χ1n) is 8.07. The predicted octanol–water partition coefficient (Wildman–Crippen LogP) is 3.46. The summed E-state index contributed by atoms with van der Waals surface area (Å²) in [4.78, 5) is 37.4. The van der Waals surface area contributed by atoms with Crippen LogP contribution in [0.1, 0.15) is 57.4 Å². The zero-order chi connectivity index (χ0) is 18.4. The number of benzene rings is 2. The third kappa shape index (κ3) is 3.05. The van der Waals surface area contributed by atoms with Crippen LogP contribution in [0.5, 0.6) is 0 Å². The highest BCUT2D eigenvalue weighted by molar-refractivity contribution is 6.22. The highest BCUT2D eigenvalue weighted by Gasteiger charge is 2.33. The van der Waals surface area contributed by atoms with Crippen molar-refractivity contribution in [2.75, 3.05) is 12.4 Å². The number of carbonyl (C=O) groups excluding carboxylic acids is 3. The van der Waals surface area contributed by atoms with Gasteiger partial charge in [-0.25, -0.2) is 0 Å². The molecule has 2 aromatic carbocycles. The Morgan fingerprint density at radius 2 is 1.52 bits per heavy atom. The summed E-state index contributed by atoms with van der Waals surface area (Å²) < 4.78 is 0. The zero-order valence-electron chi connectivity index (χ0n) is 14.7. The van der Waals surface area contributed by atoms with Gasteiger partial charge in [0.2, 0.25) is 0 Å². The van der Waals surface area contributed by atoms with Crippen LogP contribution in [0.15, 0.2) is 42.5 Å². The molecule has 5 nitrogen and oxygen atoms in total. The molecule has 0 saturated heterocycles. The van der Waals surface area contributed by atoms with Gasteiger partial charge in [-0.05, 0) is 41.3 Å². The maximum absolute atomic E-state index is 12.4. The van der Waals surface area contributed by atoms with Crippen molar-refractivity contribution in [3.63, 3.8) is 0 Å². The molecule has 3 amide bonds. The molecule has 0 aliphatic carbocycles. The van der Waals surface area contributed by atoms with Gasteiger partial charge in [0.25, 0.3) is 17.7 Å². The minimum Gasteiger partial charge on any atom is -0.322 e. The maximum Gasteiger partial charge on any atom is 0.261 e. The van der Waals surface area contributed by atoms with Crippen molar-refractivity contribution in [1.29, 1.82) is 0 Å². The molecule has 128 valence electrons. The molecule has 0 saturated carbocycles. The topological polar surface area (TPSA) is 66.5 Å². The summed E-state index contributed by atoms with van der Waals surface area (Å²) in [6, 6.07) is 12.2. The van der Waals surface area contributed by atoms with Gasteiger partial charge in [0.15, 0.2) is 0 Å². The van der Waals surface area contributed by atoms with E-state index >= 15 is 0 Å². The van der Waals surface area contributed by atoms with Gasteiger partial charge < -0.3 is 5.32 Å². The molecule has 0 radical (unpaired) electrons. The van der Waals surface area contributed by atoms with E-state index in [1.165, 1.54) is 24.7 Å². The van der Waals surface area contributed by atoms with E-state index in [-0.39, 0.29) is 28.7 Å². The molecule has 0 unspecified atom stereocenters. The summed E-state index contributed by atoms with van der Waals surface area (Å²) in [6.45, 7) is 6.38. The number of anilines is 1. The minimum absolute atomic E-state index is 0.0431. The molecule has 0 atom stereocenters. The number of nitrogens with zero attached hydrogens (tertiary/aromatic N) is 1. The van der Waals surface area contributed by atoms with Crippen molar-refractivity contribution in [3.8, 4) is 0 Å². The molecular weight excluding hydrogens is 316 g/mol. The third-order valence-electron chi connectivity index (χ3n) is 4.36. The standard InChI is InChI=1S/C20H20N2O3/c1-20(2,3)13-6-8-14(9-7-13)21-17(23)12-5-10-15-16(11-12)19(25)22(4)18(15)24/h5-11H,1-4H3,(H,21,23). The SMILES string of the molecule is CN1C(=O)c2ccc(C(=O)Nc3ccc(C(C)(C)C)cc3)cc2C1=O. The molecular formula is C20H20N2O3. The molecule has 0 aromatic heterocycles. The van der Waals surface area contributed by atoms with Gasteiger partial charge in [0.1, 0.15) is 0 Å². The monoisotopic (exact) mass is 336 g/mol. The van der Waals surface area contributed by atoms with Crippen molar-refractivity contribution in [2.24, 2.45) is 0 Å². The molecule has 0 bridgehead atoms. The molecule has 2 aromatic rings. The lowest BCUT2D eigenvalue weighted by molar-refractivity contribution is 0.0693. The highest BCUT2D eigenvalue weighted by atomic mass is 16.2. The molecule has 0 fully saturated rings. The van der Waals surface area contributed by atoms with Crippen LogP contribution in [0.3, 0.4) is 0 Å². The summed E-state index contributed by atoms with van der Waals surface area (Å²) in [6.07, 6.45) is 0. The number of amides is 3. The summed E-state index contributed by atoms with van der Waals surface area (Å²) >= 11 is 0. The number of carbonyl (C=O) groups is 3. The fourth-order valence-electron chi connectivity index (χ4n) is 2.76. The van der Waals surface area contributed by atoms with Crippen molar-refractivity contribution in [3.05, 3.63) is 64.7 Å². The van der Waals surface area contributed by atoms with E-state index in [4.69, 9.17) is 0 Å². The van der Waals surface area contributed by atoms with Gasteiger partial charge >= 0.3 is 0 Å². The number of rotatable bonds is 2. The first-order valence-corrected chi connectivity index (χ1v) is 8.07. The van der Waals surface area contributed by atoms with E-state index < -0.39 is 0 Å². The first kappa shape index (κ1) is 16.9. The molecule has 1 aliphatic heterocycles. The Labute approximate surface area is 146 Å². The molecule has 1 aliphatic rings. The third-order valence-corrected chi connectivity index (χ3v) is 4.36. The first-order chi connectivity index (χ1) is 11.7. The van der Waals surface area contributed by atoms with E-state index in [2.05, 4.69) is 26.1 Å². The largest absolute Gasteiger partial charge is 0.322 e. The predicted molar refractivity (Wildman–Crippen MR) is 96.0 cm³/mol. The van der Waals surface area contributed by atoms with E-state index in [9.17, 15) is 14.4 Å². The Kier molecular flexibility index (Phi) is 3.95. The molecule has 5 heteroatoms. The molecule has 25 heavy (non-hydrogen) atoms. The van der Waals surface area contributed by atoms with Crippen LogP contribution in [-0.4, -0.2) is 29.7 Å². The Balaban J connectivity index is 1.81. The summed E-state index contributed by atoms with van der Waals surface area (Å²) in [5, 5.41) is 2.82. The Hall–Kier alpha value is -2.95. The van der Waals surface area contributed by atoms with Crippen molar-refractivity contribution in [1.82, 2.24) is 4.90 Å². The summed E-state index contributed by atoms with van der Waals surface area (Å²) in [7, 11) is 1.43. The van der Waals surface area contributed by atoms with Crippen LogP contribution in [0.25, 0.3) is 0 Å². The van der Waals surface area contributed by atoms with Gasteiger partial charge in [-0.2, -0.15) is 0 Å². The van der Waals surface area contributed by atoms with E-state index in [0.717, 1.165) is 4.90 Å². The number of nitrogens with one attached hydrogen (secondary N) is 1. The van der Waals surface area contributed by atoms with Crippen LogP contribution in [0.2, 0.25) is 0 Å². The second kappa shape index (κ2) is 5.84. The number of hydrogen-bond acceptors (Lipinski definition) is 3. The number of hydrogen-bond donors (Lipinski definition) is 1. The smallest absolute Gasteiger partial charge is 0.261 e. The fraction of sp³-hybridized carbons (Fsp3) is 0.250. The minimum atomic E-state index is -0.385. The van der Waals surface area contributed by atoms with Gasteiger partial charge in [-0.15, -0.1) is 0 Å². The highest BCUT2D eigenvalue weighted by Crippen LogP contribution is 2.25. The second-order valence-corrected chi connectivity index (χ2v) is 7.21. The Bertz CT molecular complexity index is 877. The normalized spacial score (nSPS) is 13.8. The summed E-state index contributed by atoms with van der Waals surface area (Å²) in [5.74, 6) is -1.05. The fourth-order valence-corrected chi connectivity index (χ4v) is 2.76. The lowest BCUT2D eigenvalue weighted by Gasteiger charge is -2.19. The van der Waals surface area contributed by atoms with Crippen LogP contribution in [-0.2, 0) is 5.41 Å².